The van der Waals surface area contributed by atoms with Crippen molar-refractivity contribution in [1.29, 1.82) is 15.8 Å². The van der Waals surface area contributed by atoms with E-state index < -0.39 is 23.0 Å². The SMILES string of the molecule is [C-]#[N+]/C(C#N)=C1\c2cc(-c3c(F)cc(F)cc3F)ccc2-c2nc3nc(C#N)c(C#N)nc3nc21. The molecule has 2 heterocycles. The smallest absolute Gasteiger partial charge is 0.226 e. The Morgan fingerprint density at radius 3 is 1.94 bits per heavy atom. The van der Waals surface area contributed by atoms with Gasteiger partial charge in [-0.15, -0.1) is 0 Å². The molecule has 1 aliphatic carbocycles. The van der Waals surface area contributed by atoms with Crippen molar-refractivity contribution in [3.63, 3.8) is 0 Å². The quantitative estimate of drug-likeness (QED) is 0.266. The third kappa shape index (κ3) is 3.13. The lowest BCUT2D eigenvalue weighted by Crippen LogP contribution is -2.02. The summed E-state index contributed by atoms with van der Waals surface area (Å²) in [5.41, 5.74) is -0.520. The number of rotatable bonds is 1. The largest absolute Gasteiger partial charge is 0.271 e. The molecule has 0 N–H and O–H groups in total. The summed E-state index contributed by atoms with van der Waals surface area (Å²) in [6.45, 7) is 7.42. The number of hydrogen-bond donors (Lipinski definition) is 0. The predicted molar refractivity (Wildman–Crippen MR) is 114 cm³/mol. The molecule has 0 bridgehead atoms. The molecule has 162 valence electrons. The zero-order chi connectivity index (χ0) is 24.9. The Bertz CT molecular complexity index is 1790. The molecule has 2 aromatic heterocycles. The highest BCUT2D eigenvalue weighted by Crippen LogP contribution is 2.46. The Balaban J connectivity index is 1.84. The molecule has 4 aromatic rings. The first-order valence-electron chi connectivity index (χ1n) is 9.62. The van der Waals surface area contributed by atoms with Crippen LogP contribution in [0.4, 0.5) is 13.2 Å². The van der Waals surface area contributed by atoms with Crippen molar-refractivity contribution in [3.8, 4) is 40.6 Å². The second kappa shape index (κ2) is 7.74. The van der Waals surface area contributed by atoms with Crippen LogP contribution in [0.3, 0.4) is 0 Å². The van der Waals surface area contributed by atoms with E-state index in [4.69, 9.17) is 6.57 Å². The summed E-state index contributed by atoms with van der Waals surface area (Å²) in [4.78, 5) is 20.0. The molecule has 0 fully saturated rings. The highest BCUT2D eigenvalue weighted by molar-refractivity contribution is 6.03. The molecule has 0 radical (unpaired) electrons. The van der Waals surface area contributed by atoms with Gasteiger partial charge in [0.05, 0.1) is 29.6 Å². The minimum Gasteiger partial charge on any atom is -0.226 e. The van der Waals surface area contributed by atoms with E-state index in [1.165, 1.54) is 18.2 Å². The molecule has 0 unspecified atom stereocenters. The number of halogens is 3. The van der Waals surface area contributed by atoms with Gasteiger partial charge in [-0.25, -0.2) is 43.2 Å². The van der Waals surface area contributed by atoms with Crippen LogP contribution in [-0.4, -0.2) is 19.9 Å². The summed E-state index contributed by atoms with van der Waals surface area (Å²) >= 11 is 0. The van der Waals surface area contributed by atoms with E-state index in [-0.39, 0.29) is 56.5 Å². The van der Waals surface area contributed by atoms with Crippen molar-refractivity contribution >= 4 is 16.9 Å². The maximum absolute atomic E-state index is 14.4. The molecule has 0 saturated heterocycles. The number of nitrogens with zero attached hydrogens (tertiary/aromatic N) is 8. The first kappa shape index (κ1) is 21.2. The van der Waals surface area contributed by atoms with Gasteiger partial charge in [0.25, 0.3) is 5.70 Å². The highest BCUT2D eigenvalue weighted by atomic mass is 19.1. The lowest BCUT2D eigenvalue weighted by molar-refractivity contribution is 0.548. The topological polar surface area (TPSA) is 127 Å². The lowest BCUT2D eigenvalue weighted by atomic mass is 9.97. The minimum absolute atomic E-state index is 0.0330. The number of fused-ring (bicyclic) bond motifs is 4. The van der Waals surface area contributed by atoms with Crippen molar-refractivity contribution in [2.45, 2.75) is 0 Å². The molecule has 11 heteroatoms. The van der Waals surface area contributed by atoms with Crippen LogP contribution < -0.4 is 0 Å². The third-order valence-electron chi connectivity index (χ3n) is 5.26. The summed E-state index contributed by atoms with van der Waals surface area (Å²) in [5, 5.41) is 28.0. The Hall–Kier alpha value is -5.65. The summed E-state index contributed by atoms with van der Waals surface area (Å²) < 4.78 is 42.3. The number of allylic oxidation sites excluding steroid dienone is 1. The normalized spacial score (nSPS) is 12.7. The molecule has 35 heavy (non-hydrogen) atoms. The van der Waals surface area contributed by atoms with E-state index in [0.717, 1.165) is 0 Å². The second-order valence-corrected chi connectivity index (χ2v) is 7.16. The van der Waals surface area contributed by atoms with Crippen LogP contribution in [0.5, 0.6) is 0 Å². The van der Waals surface area contributed by atoms with Crippen molar-refractivity contribution in [1.82, 2.24) is 19.9 Å². The molecule has 0 amide bonds. The van der Waals surface area contributed by atoms with Crippen LogP contribution in [0.15, 0.2) is 36.0 Å². The molecule has 2 aromatic carbocycles. The van der Waals surface area contributed by atoms with Gasteiger partial charge in [-0.3, -0.25) is 0 Å². The molecule has 8 nitrogen and oxygen atoms in total. The van der Waals surface area contributed by atoms with E-state index in [1.54, 1.807) is 18.2 Å². The van der Waals surface area contributed by atoms with Crippen molar-refractivity contribution in [2.24, 2.45) is 0 Å². The third-order valence-corrected chi connectivity index (χ3v) is 5.26. The van der Waals surface area contributed by atoms with Crippen LogP contribution in [0.1, 0.15) is 22.6 Å². The maximum Gasteiger partial charge on any atom is 0.271 e. The number of hydrogen-bond acceptors (Lipinski definition) is 7. The van der Waals surface area contributed by atoms with Gasteiger partial charge in [-0.05, 0) is 17.2 Å². The maximum atomic E-state index is 14.4. The summed E-state index contributed by atoms with van der Waals surface area (Å²) in [6, 6.07) is 10.6. The number of aromatic nitrogens is 4. The molecular weight excluding hydrogens is 457 g/mol. The Morgan fingerprint density at radius 1 is 0.800 bits per heavy atom. The van der Waals surface area contributed by atoms with Crippen molar-refractivity contribution in [2.75, 3.05) is 0 Å². The van der Waals surface area contributed by atoms with Crippen LogP contribution >= 0.6 is 0 Å². The molecular formula is C24H5F3N8. The average molecular weight is 462 g/mol. The summed E-state index contributed by atoms with van der Waals surface area (Å²) in [6.07, 6.45) is 0. The Labute approximate surface area is 194 Å². The standard InChI is InChI=1S/C24H5F3N8/c1-31-18(9-30)20-13-4-10(19-14(26)5-11(25)6-15(19)27)2-3-12(13)21-22(20)35-24-23(34-21)32-16(7-28)17(8-29)33-24/h2-6H/b20-18+. The monoisotopic (exact) mass is 462 g/mol. The Kier molecular flexibility index (Phi) is 4.69. The van der Waals surface area contributed by atoms with E-state index in [0.29, 0.717) is 17.7 Å². The molecule has 1 aliphatic rings. The Morgan fingerprint density at radius 2 is 1.40 bits per heavy atom. The molecule has 0 saturated carbocycles. The number of benzene rings is 2. The van der Waals surface area contributed by atoms with Gasteiger partial charge in [0, 0.05) is 23.3 Å². The predicted octanol–water partition coefficient (Wildman–Crippen LogP) is 4.43. The van der Waals surface area contributed by atoms with Crippen LogP contribution in [-0.2, 0) is 0 Å². The minimum atomic E-state index is -1.13. The van der Waals surface area contributed by atoms with Crippen LogP contribution in [0, 0.1) is 58.0 Å². The van der Waals surface area contributed by atoms with Gasteiger partial charge >= 0.3 is 0 Å². The van der Waals surface area contributed by atoms with Gasteiger partial charge in [0.15, 0.2) is 22.7 Å². The fraction of sp³-hybridized carbons (Fsp3) is 0. The second-order valence-electron chi connectivity index (χ2n) is 7.16. The van der Waals surface area contributed by atoms with E-state index in [9.17, 15) is 29.0 Å². The van der Waals surface area contributed by atoms with Crippen molar-refractivity contribution < 1.29 is 13.2 Å². The van der Waals surface area contributed by atoms with Gasteiger partial charge in [-0.1, -0.05) is 12.1 Å². The van der Waals surface area contributed by atoms with Gasteiger partial charge in [-0.2, -0.15) is 10.5 Å². The van der Waals surface area contributed by atoms with E-state index >= 15 is 0 Å². The molecule has 0 atom stereocenters. The zero-order valence-corrected chi connectivity index (χ0v) is 17.1. The molecule has 5 rings (SSSR count). The van der Waals surface area contributed by atoms with E-state index in [2.05, 4.69) is 24.8 Å². The zero-order valence-electron chi connectivity index (χ0n) is 17.1. The average Bonchev–Trinajstić information content (AvgIpc) is 3.14. The first-order valence-corrected chi connectivity index (χ1v) is 9.62. The van der Waals surface area contributed by atoms with Gasteiger partial charge < -0.3 is 0 Å². The van der Waals surface area contributed by atoms with Crippen LogP contribution in [0.25, 0.3) is 44.1 Å². The van der Waals surface area contributed by atoms with E-state index in [1.807, 2.05) is 0 Å². The lowest BCUT2D eigenvalue weighted by Gasteiger charge is -2.09. The fourth-order valence-corrected chi connectivity index (χ4v) is 3.84. The molecule has 0 spiro atoms. The number of nitriles is 3. The molecule has 0 aliphatic heterocycles. The highest BCUT2D eigenvalue weighted by Gasteiger charge is 2.31. The van der Waals surface area contributed by atoms with Gasteiger partial charge in [0.2, 0.25) is 0 Å². The summed E-state index contributed by atoms with van der Waals surface area (Å²) in [5.74, 6) is -3.33. The van der Waals surface area contributed by atoms with Gasteiger partial charge in [0.1, 0.15) is 29.6 Å². The fourth-order valence-electron chi connectivity index (χ4n) is 3.84. The summed E-state index contributed by atoms with van der Waals surface area (Å²) in [7, 11) is 0. The van der Waals surface area contributed by atoms with Crippen molar-refractivity contribution in [3.05, 3.63) is 87.5 Å². The first-order chi connectivity index (χ1) is 16.9. The van der Waals surface area contributed by atoms with Crippen LogP contribution in [0.2, 0.25) is 0 Å².